The topological polar surface area (TPSA) is 127 Å². The Morgan fingerprint density at radius 3 is 2.10 bits per heavy atom. The molecule has 1 aliphatic rings. The summed E-state index contributed by atoms with van der Waals surface area (Å²) in [5, 5.41) is 30.6. The highest BCUT2D eigenvalue weighted by atomic mass is 79.9. The van der Waals surface area contributed by atoms with E-state index >= 15 is 0 Å². The van der Waals surface area contributed by atoms with Gasteiger partial charge in [-0.2, -0.15) is 13.2 Å². The van der Waals surface area contributed by atoms with Crippen molar-refractivity contribution in [1.82, 2.24) is 5.32 Å². The molecule has 0 aliphatic carbocycles. The lowest BCUT2D eigenvalue weighted by atomic mass is 10.0. The van der Waals surface area contributed by atoms with E-state index in [1.54, 1.807) is 12.1 Å². The van der Waals surface area contributed by atoms with Crippen LogP contribution in [0.1, 0.15) is 18.4 Å². The number of likely N-dealkylation sites (N-methyl/N-ethyl adjacent to an activating group) is 1. The van der Waals surface area contributed by atoms with E-state index in [2.05, 4.69) is 37.2 Å². The van der Waals surface area contributed by atoms with Crippen LogP contribution in [0.3, 0.4) is 0 Å². The number of quaternary nitrogens is 1. The number of amides is 1. The third kappa shape index (κ3) is 7.96. The summed E-state index contributed by atoms with van der Waals surface area (Å²) in [5.41, 5.74) is 0.694. The van der Waals surface area contributed by atoms with E-state index in [1.165, 1.54) is 0 Å². The van der Waals surface area contributed by atoms with Crippen molar-refractivity contribution in [3.05, 3.63) is 26.6 Å². The smallest absolute Gasteiger partial charge is 0.430 e. The maximum absolute atomic E-state index is 12.5. The quantitative estimate of drug-likeness (QED) is 0.456. The SMILES string of the molecule is C[N+]1(C)CCC[C@@H]1C(=O)N[C@@H](Cc1cc(Br)c(O)c(Br)c1)C(=O)O.O=C([O-])C(F)(F)F. The second kappa shape index (κ2) is 10.6. The van der Waals surface area contributed by atoms with Crippen LogP contribution in [-0.4, -0.2) is 71.4 Å². The number of hydrogen-bond acceptors (Lipinski definition) is 5. The Labute approximate surface area is 192 Å². The lowest BCUT2D eigenvalue weighted by molar-refractivity contribution is -0.893. The van der Waals surface area contributed by atoms with Gasteiger partial charge in [0.25, 0.3) is 5.91 Å². The first-order chi connectivity index (χ1) is 14.1. The molecule has 0 unspecified atom stereocenters. The Morgan fingerprint density at radius 2 is 1.74 bits per heavy atom. The Balaban J connectivity index is 0.000000592. The van der Waals surface area contributed by atoms with Crippen molar-refractivity contribution in [3.63, 3.8) is 0 Å². The summed E-state index contributed by atoms with van der Waals surface area (Å²) >= 11 is 6.45. The lowest BCUT2D eigenvalue weighted by Crippen LogP contribution is -2.55. The van der Waals surface area contributed by atoms with Crippen molar-refractivity contribution in [1.29, 1.82) is 0 Å². The summed E-state index contributed by atoms with van der Waals surface area (Å²) in [7, 11) is 3.97. The molecular weight excluding hydrogens is 557 g/mol. The van der Waals surface area contributed by atoms with Crippen LogP contribution in [0.15, 0.2) is 21.1 Å². The standard InChI is InChI=1S/C16H20Br2N2O4.C2HF3O2/c1-20(2)5-3-4-13(20)15(22)19-12(16(23)24)8-9-6-10(17)14(21)11(18)7-9;3-2(4,5)1(6)7/h6-7,12-13H,3-5,8H2,1-2H3,(H2-,19,21,22,23,24);(H,6,7)/t12-,13+;/m0./s1. The van der Waals surface area contributed by atoms with Crippen LogP contribution in [0.5, 0.6) is 5.75 Å². The summed E-state index contributed by atoms with van der Waals surface area (Å²) in [6.07, 6.45) is -3.33. The molecule has 1 aromatic carbocycles. The Kier molecular flexibility index (Phi) is 9.33. The van der Waals surface area contributed by atoms with Gasteiger partial charge in [0.05, 0.1) is 29.6 Å². The zero-order chi connectivity index (χ0) is 24.1. The van der Waals surface area contributed by atoms with Gasteiger partial charge in [-0.15, -0.1) is 0 Å². The lowest BCUT2D eigenvalue weighted by Gasteiger charge is -2.31. The number of hydrogen-bond donors (Lipinski definition) is 3. The van der Waals surface area contributed by atoms with Gasteiger partial charge < -0.3 is 29.9 Å². The van der Waals surface area contributed by atoms with Crippen LogP contribution >= 0.6 is 31.9 Å². The number of phenolic OH excluding ortho intramolecular Hbond substituents is 1. The van der Waals surface area contributed by atoms with Crippen molar-refractivity contribution in [3.8, 4) is 5.75 Å². The van der Waals surface area contributed by atoms with Gasteiger partial charge in [-0.1, -0.05) is 0 Å². The van der Waals surface area contributed by atoms with Gasteiger partial charge in [0.15, 0.2) is 6.04 Å². The van der Waals surface area contributed by atoms with Gasteiger partial charge in [0.2, 0.25) is 0 Å². The van der Waals surface area contributed by atoms with Crippen LogP contribution in [0.2, 0.25) is 0 Å². The van der Waals surface area contributed by atoms with E-state index < -0.39 is 24.2 Å². The third-order valence-corrected chi connectivity index (χ3v) is 5.93. The molecule has 0 saturated carbocycles. The minimum atomic E-state index is -5.19. The summed E-state index contributed by atoms with van der Waals surface area (Å²) in [4.78, 5) is 32.8. The number of nitrogens with zero attached hydrogens (tertiary/aromatic N) is 1. The molecule has 2 atom stereocenters. The minimum Gasteiger partial charge on any atom is -0.542 e. The average molecular weight is 578 g/mol. The average Bonchev–Trinajstić information content (AvgIpc) is 2.97. The Bertz CT molecular complexity index is 825. The number of carbonyl (C=O) groups is 3. The van der Waals surface area contributed by atoms with Crippen LogP contribution < -0.4 is 10.4 Å². The molecular formula is C18H21Br2F3N2O6. The number of rotatable bonds is 5. The fourth-order valence-corrected chi connectivity index (χ4v) is 4.37. The highest BCUT2D eigenvalue weighted by Crippen LogP contribution is 2.33. The van der Waals surface area contributed by atoms with E-state index in [0.717, 1.165) is 19.4 Å². The number of aliphatic carboxylic acids is 2. The number of likely N-dealkylation sites (tertiary alicyclic amines) is 1. The predicted molar refractivity (Wildman–Crippen MR) is 108 cm³/mol. The van der Waals surface area contributed by atoms with Crippen molar-refractivity contribution < 1.29 is 47.4 Å². The molecule has 1 amide bonds. The predicted octanol–water partition coefficient (Wildman–Crippen LogP) is 1.57. The van der Waals surface area contributed by atoms with Crippen LogP contribution in [-0.2, 0) is 20.8 Å². The summed E-state index contributed by atoms with van der Waals surface area (Å²) in [6, 6.07) is 2.07. The molecule has 2 rings (SSSR count). The summed E-state index contributed by atoms with van der Waals surface area (Å²) in [6.45, 7) is 0.910. The number of carboxylic acids is 2. The number of carbonyl (C=O) groups excluding carboxylic acids is 2. The number of phenols is 1. The molecule has 1 aromatic rings. The number of nitrogens with one attached hydrogen (secondary N) is 1. The normalized spacial score (nSPS) is 18.5. The summed E-state index contributed by atoms with van der Waals surface area (Å²) in [5.74, 6) is -4.25. The number of benzene rings is 1. The fourth-order valence-electron chi connectivity index (χ4n) is 3.09. The third-order valence-electron chi connectivity index (χ3n) is 4.72. The van der Waals surface area contributed by atoms with Crippen LogP contribution in [0, 0.1) is 0 Å². The molecule has 1 fully saturated rings. The first-order valence-corrected chi connectivity index (χ1v) is 10.5. The van der Waals surface area contributed by atoms with Gasteiger partial charge in [0, 0.05) is 19.3 Å². The number of halogens is 5. The van der Waals surface area contributed by atoms with E-state index in [4.69, 9.17) is 9.90 Å². The van der Waals surface area contributed by atoms with Gasteiger partial charge in [-0.05, 0) is 49.6 Å². The molecule has 1 heterocycles. The van der Waals surface area contributed by atoms with Crippen molar-refractivity contribution >= 4 is 49.7 Å². The molecule has 0 aromatic heterocycles. The van der Waals surface area contributed by atoms with Crippen LogP contribution in [0.25, 0.3) is 0 Å². The molecule has 8 nitrogen and oxygen atoms in total. The van der Waals surface area contributed by atoms with Crippen LogP contribution in [0.4, 0.5) is 13.2 Å². The molecule has 0 spiro atoms. The molecule has 1 saturated heterocycles. The molecule has 3 N–H and O–H groups in total. The minimum absolute atomic E-state index is 0.0552. The maximum atomic E-state index is 12.5. The molecule has 1 aliphatic heterocycles. The largest absolute Gasteiger partial charge is 0.542 e. The summed E-state index contributed by atoms with van der Waals surface area (Å²) < 4.78 is 33.1. The highest BCUT2D eigenvalue weighted by Gasteiger charge is 2.40. The maximum Gasteiger partial charge on any atom is 0.430 e. The Hall–Kier alpha value is -1.86. The first-order valence-electron chi connectivity index (χ1n) is 8.87. The second-order valence-corrected chi connectivity index (χ2v) is 9.17. The fraction of sp³-hybridized carbons (Fsp3) is 0.500. The van der Waals surface area contributed by atoms with E-state index in [9.17, 15) is 33.0 Å². The van der Waals surface area contributed by atoms with E-state index in [-0.39, 0.29) is 24.1 Å². The zero-order valence-corrected chi connectivity index (χ0v) is 19.7. The number of carboxylic acid groups (broad SMARTS) is 2. The molecule has 13 heteroatoms. The van der Waals surface area contributed by atoms with Gasteiger partial charge in [-0.3, -0.25) is 4.79 Å². The van der Waals surface area contributed by atoms with Gasteiger partial charge in [0.1, 0.15) is 17.8 Å². The van der Waals surface area contributed by atoms with E-state index in [1.807, 2.05) is 14.1 Å². The second-order valence-electron chi connectivity index (χ2n) is 7.46. The van der Waals surface area contributed by atoms with Crippen molar-refractivity contribution in [2.75, 3.05) is 20.6 Å². The monoisotopic (exact) mass is 576 g/mol. The van der Waals surface area contributed by atoms with Crippen molar-refractivity contribution in [2.45, 2.75) is 37.5 Å². The molecule has 0 bridgehead atoms. The van der Waals surface area contributed by atoms with Gasteiger partial charge in [-0.25, -0.2) is 4.79 Å². The van der Waals surface area contributed by atoms with Gasteiger partial charge >= 0.3 is 12.1 Å². The Morgan fingerprint density at radius 1 is 1.26 bits per heavy atom. The molecule has 31 heavy (non-hydrogen) atoms. The van der Waals surface area contributed by atoms with Crippen molar-refractivity contribution in [2.24, 2.45) is 0 Å². The molecule has 0 radical (unpaired) electrons. The highest BCUT2D eigenvalue weighted by molar-refractivity contribution is 9.11. The first kappa shape index (κ1) is 27.2. The molecule has 174 valence electrons. The zero-order valence-electron chi connectivity index (χ0n) is 16.5. The van der Waals surface area contributed by atoms with E-state index in [0.29, 0.717) is 19.0 Å². The number of aromatic hydroxyl groups is 1. The number of alkyl halides is 3.